The summed E-state index contributed by atoms with van der Waals surface area (Å²) in [5, 5.41) is 3.54. The van der Waals surface area contributed by atoms with Gasteiger partial charge in [-0.3, -0.25) is 0 Å². The maximum Gasteiger partial charge on any atom is 0.162 e. The van der Waals surface area contributed by atoms with E-state index in [-0.39, 0.29) is 5.54 Å². The number of halogens is 2. The van der Waals surface area contributed by atoms with Gasteiger partial charge in [0.1, 0.15) is 0 Å². The molecule has 1 aromatic rings. The lowest BCUT2D eigenvalue weighted by atomic mass is 9.84. The Hall–Kier alpha value is -0.960. The molecule has 3 rings (SSSR count). The molecule has 0 aromatic heterocycles. The SMILES string of the molecule is Fc1cccc(CC2(C3CC3)CCCN2)c1F. The van der Waals surface area contributed by atoms with Gasteiger partial charge in [0, 0.05) is 5.54 Å². The topological polar surface area (TPSA) is 12.0 Å². The van der Waals surface area contributed by atoms with Crippen LogP contribution in [0.2, 0.25) is 0 Å². The molecule has 3 heteroatoms. The minimum atomic E-state index is -0.730. The van der Waals surface area contributed by atoms with Crippen LogP contribution in [0.5, 0.6) is 0 Å². The van der Waals surface area contributed by atoms with Crippen molar-refractivity contribution in [1.82, 2.24) is 5.32 Å². The van der Waals surface area contributed by atoms with Gasteiger partial charge in [-0.15, -0.1) is 0 Å². The fourth-order valence-corrected chi connectivity index (χ4v) is 3.13. The quantitative estimate of drug-likeness (QED) is 0.852. The second kappa shape index (κ2) is 4.05. The zero-order valence-corrected chi connectivity index (χ0v) is 9.81. The van der Waals surface area contributed by atoms with E-state index in [0.717, 1.165) is 19.4 Å². The van der Waals surface area contributed by atoms with E-state index in [0.29, 0.717) is 17.9 Å². The Balaban J connectivity index is 1.87. The van der Waals surface area contributed by atoms with E-state index in [1.165, 1.54) is 18.9 Å². The van der Waals surface area contributed by atoms with Crippen molar-refractivity contribution >= 4 is 0 Å². The summed E-state index contributed by atoms with van der Waals surface area (Å²) in [7, 11) is 0. The summed E-state index contributed by atoms with van der Waals surface area (Å²) in [5.41, 5.74) is 0.556. The molecule has 0 bridgehead atoms. The fourth-order valence-electron chi connectivity index (χ4n) is 3.13. The minimum absolute atomic E-state index is 0.0363. The summed E-state index contributed by atoms with van der Waals surface area (Å²) in [6.07, 6.45) is 5.32. The molecule has 1 saturated carbocycles. The third kappa shape index (κ3) is 1.97. The fraction of sp³-hybridized carbons (Fsp3) is 0.571. The molecule has 2 fully saturated rings. The first-order valence-electron chi connectivity index (χ1n) is 6.39. The molecule has 1 unspecified atom stereocenters. The largest absolute Gasteiger partial charge is 0.311 e. The van der Waals surface area contributed by atoms with Gasteiger partial charge in [0.15, 0.2) is 11.6 Å². The van der Waals surface area contributed by atoms with Crippen LogP contribution in [-0.4, -0.2) is 12.1 Å². The predicted molar refractivity (Wildman–Crippen MR) is 62.8 cm³/mol. The number of nitrogens with one attached hydrogen (secondary N) is 1. The Morgan fingerprint density at radius 3 is 2.76 bits per heavy atom. The molecule has 1 N–H and O–H groups in total. The van der Waals surface area contributed by atoms with Gasteiger partial charge >= 0.3 is 0 Å². The van der Waals surface area contributed by atoms with Gasteiger partial charge in [0.25, 0.3) is 0 Å². The van der Waals surface area contributed by atoms with Crippen LogP contribution in [0.3, 0.4) is 0 Å². The zero-order valence-electron chi connectivity index (χ0n) is 9.81. The first-order valence-corrected chi connectivity index (χ1v) is 6.39. The molecule has 1 heterocycles. The average Bonchev–Trinajstić information content (AvgIpc) is 3.08. The van der Waals surface area contributed by atoms with E-state index in [2.05, 4.69) is 5.32 Å². The first kappa shape index (κ1) is 11.1. The van der Waals surface area contributed by atoms with Crippen LogP contribution in [0.4, 0.5) is 8.78 Å². The van der Waals surface area contributed by atoms with Crippen LogP contribution in [0.15, 0.2) is 18.2 Å². The number of hydrogen-bond donors (Lipinski definition) is 1. The molecule has 1 atom stereocenters. The number of rotatable bonds is 3. The van der Waals surface area contributed by atoms with Gasteiger partial charge in [0.05, 0.1) is 0 Å². The second-order valence-corrected chi connectivity index (χ2v) is 5.35. The molecule has 1 saturated heterocycles. The molecule has 0 spiro atoms. The highest BCUT2D eigenvalue weighted by molar-refractivity contribution is 5.23. The maximum atomic E-state index is 13.7. The highest BCUT2D eigenvalue weighted by atomic mass is 19.2. The van der Waals surface area contributed by atoms with Gasteiger partial charge in [-0.1, -0.05) is 12.1 Å². The predicted octanol–water partition coefficient (Wildman–Crippen LogP) is 3.04. The third-order valence-corrected chi connectivity index (χ3v) is 4.17. The third-order valence-electron chi connectivity index (χ3n) is 4.17. The van der Waals surface area contributed by atoms with Crippen molar-refractivity contribution in [1.29, 1.82) is 0 Å². The maximum absolute atomic E-state index is 13.7. The molecule has 0 radical (unpaired) electrons. The summed E-state index contributed by atoms with van der Waals surface area (Å²) in [5.74, 6) is -0.736. The Morgan fingerprint density at radius 1 is 1.29 bits per heavy atom. The highest BCUT2D eigenvalue weighted by Crippen LogP contribution is 2.46. The van der Waals surface area contributed by atoms with Gasteiger partial charge in [-0.2, -0.15) is 0 Å². The van der Waals surface area contributed by atoms with Gasteiger partial charge in [0.2, 0.25) is 0 Å². The number of hydrogen-bond acceptors (Lipinski definition) is 1. The van der Waals surface area contributed by atoms with E-state index in [1.807, 2.05) is 0 Å². The molecule has 92 valence electrons. The molecule has 17 heavy (non-hydrogen) atoms. The summed E-state index contributed by atoms with van der Waals surface area (Å²) in [6.45, 7) is 1.01. The lowest BCUT2D eigenvalue weighted by molar-refractivity contribution is 0.317. The first-order chi connectivity index (χ1) is 8.21. The van der Waals surface area contributed by atoms with Crippen LogP contribution in [0.25, 0.3) is 0 Å². The minimum Gasteiger partial charge on any atom is -0.311 e. The van der Waals surface area contributed by atoms with E-state index < -0.39 is 11.6 Å². The summed E-state index contributed by atoms with van der Waals surface area (Å²) < 4.78 is 26.9. The highest BCUT2D eigenvalue weighted by Gasteiger charge is 2.46. The van der Waals surface area contributed by atoms with Crippen LogP contribution in [0.1, 0.15) is 31.2 Å². The molecule has 1 aliphatic heterocycles. The number of benzene rings is 1. The smallest absolute Gasteiger partial charge is 0.162 e. The average molecular weight is 237 g/mol. The molecular weight excluding hydrogens is 220 g/mol. The van der Waals surface area contributed by atoms with Crippen LogP contribution in [-0.2, 0) is 6.42 Å². The lowest BCUT2D eigenvalue weighted by Crippen LogP contribution is -2.44. The Labute approximate surface area is 100 Å². The van der Waals surface area contributed by atoms with Crippen molar-refractivity contribution in [2.24, 2.45) is 5.92 Å². The Bertz CT molecular complexity index is 420. The molecule has 1 aromatic carbocycles. The summed E-state index contributed by atoms with van der Waals surface area (Å²) in [4.78, 5) is 0. The second-order valence-electron chi connectivity index (χ2n) is 5.35. The van der Waals surface area contributed by atoms with Crippen molar-refractivity contribution in [3.8, 4) is 0 Å². The van der Waals surface area contributed by atoms with Crippen LogP contribution in [0, 0.1) is 17.6 Å². The van der Waals surface area contributed by atoms with Crippen molar-refractivity contribution in [3.63, 3.8) is 0 Å². The Kier molecular flexibility index (Phi) is 2.66. The van der Waals surface area contributed by atoms with Gasteiger partial charge in [-0.05, 0) is 56.2 Å². The van der Waals surface area contributed by atoms with E-state index in [1.54, 1.807) is 12.1 Å². The molecule has 2 aliphatic rings. The van der Waals surface area contributed by atoms with Crippen molar-refractivity contribution in [3.05, 3.63) is 35.4 Å². The monoisotopic (exact) mass is 237 g/mol. The molecule has 1 nitrogen and oxygen atoms in total. The van der Waals surface area contributed by atoms with E-state index in [9.17, 15) is 8.78 Å². The normalized spacial score (nSPS) is 28.6. The molecule has 1 aliphatic carbocycles. The van der Waals surface area contributed by atoms with Crippen molar-refractivity contribution in [2.75, 3.05) is 6.54 Å². The summed E-state index contributed by atoms with van der Waals surface area (Å²) >= 11 is 0. The van der Waals surface area contributed by atoms with Crippen molar-refractivity contribution < 1.29 is 8.78 Å². The van der Waals surface area contributed by atoms with Crippen molar-refractivity contribution in [2.45, 2.75) is 37.6 Å². The van der Waals surface area contributed by atoms with Crippen LogP contribution >= 0.6 is 0 Å². The Morgan fingerprint density at radius 2 is 2.12 bits per heavy atom. The molecule has 0 amide bonds. The zero-order chi connectivity index (χ0) is 11.9. The molecular formula is C14H17F2N. The lowest BCUT2D eigenvalue weighted by Gasteiger charge is -2.30. The van der Waals surface area contributed by atoms with E-state index >= 15 is 0 Å². The van der Waals surface area contributed by atoms with E-state index in [4.69, 9.17) is 0 Å². The standard InChI is InChI=1S/C14H17F2N/c15-12-4-1-3-10(13(12)16)9-14(11-5-6-11)7-2-8-17-14/h1,3-4,11,17H,2,5-9H2. The van der Waals surface area contributed by atoms with Gasteiger partial charge < -0.3 is 5.32 Å². The summed E-state index contributed by atoms with van der Waals surface area (Å²) in [6, 6.07) is 4.50. The van der Waals surface area contributed by atoms with Gasteiger partial charge in [-0.25, -0.2) is 8.78 Å². The van der Waals surface area contributed by atoms with Crippen LogP contribution < -0.4 is 5.32 Å².